The Morgan fingerprint density at radius 3 is 2.83 bits per heavy atom. The molecule has 0 bridgehead atoms. The fourth-order valence-electron chi connectivity index (χ4n) is 2.32. The van der Waals surface area contributed by atoms with Crippen LogP contribution in [0.25, 0.3) is 0 Å². The van der Waals surface area contributed by atoms with E-state index in [0.717, 1.165) is 50.8 Å². The third-order valence-corrected chi connectivity index (χ3v) is 3.60. The van der Waals surface area contributed by atoms with Crippen molar-refractivity contribution < 1.29 is 4.74 Å². The van der Waals surface area contributed by atoms with Crippen LogP contribution in [0.15, 0.2) is 24.8 Å². The molecule has 0 atom stereocenters. The Labute approximate surface area is 135 Å². The molecule has 0 unspecified atom stereocenters. The first-order chi connectivity index (χ1) is 11.3. The number of anilines is 3. The normalized spacial score (nSPS) is 15.3. The molecule has 0 spiro atoms. The molecule has 0 aliphatic carbocycles. The number of ether oxygens (including phenoxy) is 1. The number of aryl methyl sites for hydroxylation is 1. The number of nitrogens with zero attached hydrogens (tertiary/aromatic N) is 5. The maximum atomic E-state index is 5.35. The van der Waals surface area contributed by atoms with Gasteiger partial charge in [-0.1, -0.05) is 0 Å². The summed E-state index contributed by atoms with van der Waals surface area (Å²) in [4.78, 5) is 19.3. The van der Waals surface area contributed by atoms with Crippen LogP contribution in [0.5, 0.6) is 0 Å². The average molecular weight is 315 g/mol. The fraction of sp³-hybridized carbons (Fsp3) is 0.467. The summed E-state index contributed by atoms with van der Waals surface area (Å²) in [6.07, 6.45) is 6.68. The molecule has 122 valence electrons. The van der Waals surface area contributed by atoms with Gasteiger partial charge in [0.15, 0.2) is 5.82 Å². The van der Waals surface area contributed by atoms with Crippen LogP contribution in [0.1, 0.15) is 5.56 Å². The smallest absolute Gasteiger partial charge is 0.230 e. The van der Waals surface area contributed by atoms with Gasteiger partial charge in [0.1, 0.15) is 5.82 Å². The van der Waals surface area contributed by atoms with Gasteiger partial charge >= 0.3 is 0 Å². The minimum Gasteiger partial charge on any atom is -0.379 e. The van der Waals surface area contributed by atoms with Crippen molar-refractivity contribution >= 4 is 17.6 Å². The second-order valence-corrected chi connectivity index (χ2v) is 5.32. The van der Waals surface area contributed by atoms with Gasteiger partial charge in [-0.25, -0.2) is 9.97 Å². The van der Waals surface area contributed by atoms with Crippen molar-refractivity contribution in [2.24, 2.45) is 0 Å². The summed E-state index contributed by atoms with van der Waals surface area (Å²) in [5, 5.41) is 6.43. The van der Waals surface area contributed by atoms with Gasteiger partial charge in [-0.15, -0.1) is 0 Å². The lowest BCUT2D eigenvalue weighted by Gasteiger charge is -2.26. The van der Waals surface area contributed by atoms with Gasteiger partial charge < -0.3 is 15.4 Å². The van der Waals surface area contributed by atoms with Crippen LogP contribution in [0.2, 0.25) is 0 Å². The van der Waals surface area contributed by atoms with E-state index in [1.807, 2.05) is 6.92 Å². The highest BCUT2D eigenvalue weighted by Crippen LogP contribution is 2.14. The van der Waals surface area contributed by atoms with E-state index in [-0.39, 0.29) is 0 Å². The van der Waals surface area contributed by atoms with Crippen molar-refractivity contribution in [3.63, 3.8) is 0 Å². The van der Waals surface area contributed by atoms with Crippen molar-refractivity contribution in [3.8, 4) is 0 Å². The Morgan fingerprint density at radius 2 is 2.04 bits per heavy atom. The Hall–Kier alpha value is -2.32. The molecule has 0 radical (unpaired) electrons. The molecule has 2 aromatic heterocycles. The van der Waals surface area contributed by atoms with Crippen molar-refractivity contribution in [1.29, 1.82) is 0 Å². The molecule has 2 N–H and O–H groups in total. The zero-order chi connectivity index (χ0) is 15.9. The number of hydrogen-bond acceptors (Lipinski definition) is 8. The highest BCUT2D eigenvalue weighted by molar-refractivity contribution is 5.51. The first-order valence-electron chi connectivity index (χ1n) is 7.72. The second-order valence-electron chi connectivity index (χ2n) is 5.32. The van der Waals surface area contributed by atoms with Crippen LogP contribution < -0.4 is 10.6 Å². The molecule has 23 heavy (non-hydrogen) atoms. The third kappa shape index (κ3) is 4.57. The summed E-state index contributed by atoms with van der Waals surface area (Å²) >= 11 is 0. The van der Waals surface area contributed by atoms with E-state index in [0.29, 0.717) is 11.8 Å². The van der Waals surface area contributed by atoms with Gasteiger partial charge in [0.25, 0.3) is 0 Å². The fourth-order valence-corrected chi connectivity index (χ4v) is 2.32. The van der Waals surface area contributed by atoms with Gasteiger partial charge in [-0.2, -0.15) is 4.98 Å². The monoisotopic (exact) mass is 315 g/mol. The van der Waals surface area contributed by atoms with Crippen molar-refractivity contribution in [3.05, 3.63) is 30.4 Å². The van der Waals surface area contributed by atoms with E-state index in [1.54, 1.807) is 24.8 Å². The maximum absolute atomic E-state index is 5.35. The summed E-state index contributed by atoms with van der Waals surface area (Å²) in [5.41, 5.74) is 1.01. The minimum atomic E-state index is 0.505. The molecule has 0 amide bonds. The summed E-state index contributed by atoms with van der Waals surface area (Å²) < 4.78 is 5.35. The van der Waals surface area contributed by atoms with Gasteiger partial charge in [0, 0.05) is 50.3 Å². The lowest BCUT2D eigenvalue weighted by molar-refractivity contribution is 0.0398. The predicted octanol–water partition coefficient (Wildman–Crippen LogP) is 1.06. The van der Waals surface area contributed by atoms with Gasteiger partial charge in [-0.3, -0.25) is 9.88 Å². The molecule has 1 aliphatic heterocycles. The Kier molecular flexibility index (Phi) is 5.28. The zero-order valence-corrected chi connectivity index (χ0v) is 13.2. The average Bonchev–Trinajstić information content (AvgIpc) is 2.59. The third-order valence-electron chi connectivity index (χ3n) is 3.60. The number of morpholine rings is 1. The van der Waals surface area contributed by atoms with E-state index >= 15 is 0 Å². The van der Waals surface area contributed by atoms with Crippen LogP contribution in [0.3, 0.4) is 0 Å². The molecular weight excluding hydrogens is 294 g/mol. The number of rotatable bonds is 6. The Morgan fingerprint density at radius 1 is 1.17 bits per heavy atom. The SMILES string of the molecule is Cc1cnc(Nc2cnccn2)nc1NCCN1CCOCC1. The molecule has 8 heteroatoms. The van der Waals surface area contributed by atoms with Crippen molar-refractivity contribution in [1.82, 2.24) is 24.8 Å². The molecule has 2 aromatic rings. The number of aromatic nitrogens is 4. The van der Waals surface area contributed by atoms with E-state index in [2.05, 4.69) is 35.5 Å². The first kappa shape index (κ1) is 15.6. The molecule has 3 heterocycles. The van der Waals surface area contributed by atoms with Crippen LogP contribution in [0, 0.1) is 6.92 Å². The quantitative estimate of drug-likeness (QED) is 0.818. The van der Waals surface area contributed by atoms with Crippen molar-refractivity contribution in [2.75, 3.05) is 50.0 Å². The minimum absolute atomic E-state index is 0.505. The van der Waals surface area contributed by atoms with Gasteiger partial charge in [0.05, 0.1) is 19.4 Å². The molecular formula is C15H21N7O. The molecule has 3 rings (SSSR count). The molecule has 1 fully saturated rings. The highest BCUT2D eigenvalue weighted by atomic mass is 16.5. The lowest BCUT2D eigenvalue weighted by atomic mass is 10.3. The maximum Gasteiger partial charge on any atom is 0.230 e. The van der Waals surface area contributed by atoms with E-state index < -0.39 is 0 Å². The molecule has 1 aliphatic rings. The topological polar surface area (TPSA) is 88.1 Å². The summed E-state index contributed by atoms with van der Waals surface area (Å²) in [7, 11) is 0. The van der Waals surface area contributed by atoms with Gasteiger partial charge in [-0.05, 0) is 6.92 Å². The molecule has 1 saturated heterocycles. The summed E-state index contributed by atoms with van der Waals surface area (Å²) in [6, 6.07) is 0. The molecule has 0 aromatic carbocycles. The first-order valence-corrected chi connectivity index (χ1v) is 7.72. The van der Waals surface area contributed by atoms with Crippen LogP contribution >= 0.6 is 0 Å². The predicted molar refractivity (Wildman–Crippen MR) is 87.8 cm³/mol. The van der Waals surface area contributed by atoms with E-state index in [4.69, 9.17) is 4.74 Å². The van der Waals surface area contributed by atoms with E-state index in [1.165, 1.54) is 0 Å². The van der Waals surface area contributed by atoms with Crippen LogP contribution in [0.4, 0.5) is 17.6 Å². The zero-order valence-electron chi connectivity index (χ0n) is 13.2. The van der Waals surface area contributed by atoms with Crippen molar-refractivity contribution in [2.45, 2.75) is 6.92 Å². The van der Waals surface area contributed by atoms with Crippen LogP contribution in [-0.4, -0.2) is 64.2 Å². The lowest BCUT2D eigenvalue weighted by Crippen LogP contribution is -2.39. The standard InChI is InChI=1S/C15H21N7O/c1-12-10-19-15(20-13-11-16-2-3-17-13)21-14(12)18-4-5-22-6-8-23-9-7-22/h2-3,10-11H,4-9H2,1H3,(H2,17,18,19,20,21). The Balaban J connectivity index is 1.56. The van der Waals surface area contributed by atoms with E-state index in [9.17, 15) is 0 Å². The highest BCUT2D eigenvalue weighted by Gasteiger charge is 2.10. The second kappa shape index (κ2) is 7.80. The number of nitrogens with one attached hydrogen (secondary N) is 2. The Bertz CT molecular complexity index is 616. The molecule has 8 nitrogen and oxygen atoms in total. The number of hydrogen-bond donors (Lipinski definition) is 2. The summed E-state index contributed by atoms with van der Waals surface area (Å²) in [6.45, 7) is 7.41. The summed E-state index contributed by atoms with van der Waals surface area (Å²) in [5.74, 6) is 1.96. The largest absolute Gasteiger partial charge is 0.379 e. The van der Waals surface area contributed by atoms with Gasteiger partial charge in [0.2, 0.25) is 5.95 Å². The molecule has 0 saturated carbocycles. The van der Waals surface area contributed by atoms with Crippen LogP contribution in [-0.2, 0) is 4.74 Å².